The van der Waals surface area contributed by atoms with Crippen molar-refractivity contribution in [1.29, 1.82) is 0 Å². The van der Waals surface area contributed by atoms with Gasteiger partial charge in [0.05, 0.1) is 32.5 Å². The number of rotatable bonds is 22. The number of carboxylic acids is 1. The van der Waals surface area contributed by atoms with Crippen molar-refractivity contribution >= 4 is 23.8 Å². The molecule has 2 fully saturated rings. The van der Waals surface area contributed by atoms with Crippen LogP contribution in [0.5, 0.6) is 0 Å². The molecule has 0 saturated carbocycles. The Balaban J connectivity index is 0.000000296. The molecule has 2 heterocycles. The molecule has 2 amide bonds. The largest absolute Gasteiger partial charge is 0.480 e. The summed E-state index contributed by atoms with van der Waals surface area (Å²) in [4.78, 5) is 49.7. The molecule has 0 radical (unpaired) electrons. The number of carbonyl (C=O) groups is 4. The van der Waals surface area contributed by atoms with Crippen molar-refractivity contribution in [2.24, 2.45) is 0 Å². The maximum atomic E-state index is 12.3. The molecule has 0 aromatic heterocycles. The van der Waals surface area contributed by atoms with Crippen molar-refractivity contribution in [2.75, 3.05) is 46.6 Å². The number of aliphatic hydroxyl groups is 2. The molecule has 302 valence electrons. The number of likely N-dealkylation sites (tertiary alicyclic amines) is 2. The Hall–Kier alpha value is -4.36. The van der Waals surface area contributed by atoms with E-state index in [2.05, 4.69) is 4.74 Å². The second-order valence-corrected chi connectivity index (χ2v) is 14.0. The number of amides is 2. The summed E-state index contributed by atoms with van der Waals surface area (Å²) < 4.78 is 14.6. The molecular weight excluding hydrogens is 704 g/mol. The lowest BCUT2D eigenvalue weighted by Gasteiger charge is -2.35. The predicted octanol–water partition coefficient (Wildman–Crippen LogP) is 4.91. The van der Waals surface area contributed by atoms with Gasteiger partial charge < -0.3 is 39.3 Å². The first kappa shape index (κ1) is 45.0. The van der Waals surface area contributed by atoms with Gasteiger partial charge in [-0.1, -0.05) is 85.0 Å². The molecule has 2 aromatic rings. The van der Waals surface area contributed by atoms with Gasteiger partial charge in [0.15, 0.2) is 0 Å². The van der Waals surface area contributed by atoms with Gasteiger partial charge in [0.1, 0.15) is 13.2 Å². The van der Waals surface area contributed by atoms with Gasteiger partial charge in [-0.2, -0.15) is 0 Å². The highest BCUT2D eigenvalue weighted by molar-refractivity contribution is 5.78. The molecule has 0 aliphatic carbocycles. The zero-order chi connectivity index (χ0) is 39.7. The molecule has 4 rings (SSSR count). The summed E-state index contributed by atoms with van der Waals surface area (Å²) in [6.45, 7) is 1.14. The Morgan fingerprint density at radius 2 is 1.15 bits per heavy atom. The van der Waals surface area contributed by atoms with E-state index in [1.165, 1.54) is 7.11 Å². The van der Waals surface area contributed by atoms with Crippen LogP contribution in [0.3, 0.4) is 0 Å². The Bertz CT molecular complexity index is 1470. The van der Waals surface area contributed by atoms with Crippen LogP contribution in [0.2, 0.25) is 0 Å². The molecule has 12 heteroatoms. The lowest BCUT2D eigenvalue weighted by Crippen LogP contribution is -2.44. The number of carboxylic acid groups (broad SMARTS) is 1. The fraction of sp³-hybridized carbons (Fsp3) is 0.535. The fourth-order valence-electron chi connectivity index (χ4n) is 6.83. The maximum Gasteiger partial charge on any atom is 0.331 e. The van der Waals surface area contributed by atoms with Crippen molar-refractivity contribution in [1.82, 2.24) is 9.80 Å². The molecule has 2 aromatic carbocycles. The van der Waals surface area contributed by atoms with Crippen molar-refractivity contribution in [3.05, 3.63) is 96.1 Å². The highest BCUT2D eigenvalue weighted by Gasteiger charge is 2.28. The third-order valence-electron chi connectivity index (χ3n) is 9.71. The first-order valence-corrected chi connectivity index (χ1v) is 19.4. The molecule has 0 spiro atoms. The molecule has 3 N–H and O–H groups in total. The Labute approximate surface area is 325 Å². The number of aliphatic carboxylic acids is 1. The van der Waals surface area contributed by atoms with E-state index >= 15 is 0 Å². The van der Waals surface area contributed by atoms with Crippen molar-refractivity contribution < 1.29 is 48.7 Å². The number of methoxy groups -OCH3 is 1. The maximum absolute atomic E-state index is 12.3. The van der Waals surface area contributed by atoms with Crippen molar-refractivity contribution in [3.8, 4) is 0 Å². The molecule has 4 atom stereocenters. The van der Waals surface area contributed by atoms with Gasteiger partial charge in [0, 0.05) is 38.0 Å². The van der Waals surface area contributed by atoms with E-state index in [1.807, 2.05) is 88.7 Å². The Morgan fingerprint density at radius 3 is 1.56 bits per heavy atom. The summed E-state index contributed by atoms with van der Waals surface area (Å²) in [7, 11) is 1.32. The summed E-state index contributed by atoms with van der Waals surface area (Å²) in [6, 6.07) is 20.2. The highest BCUT2D eigenvalue weighted by atomic mass is 16.6. The number of hydrogen-bond acceptors (Lipinski definition) is 9. The van der Waals surface area contributed by atoms with Crippen LogP contribution in [-0.2, 0) is 46.2 Å². The average molecular weight is 765 g/mol. The smallest absolute Gasteiger partial charge is 0.331 e. The SMILES string of the molecule is COC(=O)COC/C=C\CN1C(=O)CCC[C@@H]1CCC(O)Cc1ccccc1.O=C(O)COC/C=C\CN1C(=O)CCC[C@@H]1CCC(O)Cc1ccccc1. The van der Waals surface area contributed by atoms with E-state index in [0.717, 1.165) is 49.7 Å². The average Bonchev–Trinajstić information content (AvgIpc) is 3.18. The molecule has 55 heavy (non-hydrogen) atoms. The first-order chi connectivity index (χ1) is 26.7. The molecule has 2 unspecified atom stereocenters. The second-order valence-electron chi connectivity index (χ2n) is 14.0. The van der Waals surface area contributed by atoms with E-state index in [1.54, 1.807) is 6.08 Å². The zero-order valence-corrected chi connectivity index (χ0v) is 32.2. The summed E-state index contributed by atoms with van der Waals surface area (Å²) in [5, 5.41) is 29.2. The topological polar surface area (TPSA) is 163 Å². The number of ether oxygens (including phenoxy) is 3. The minimum absolute atomic E-state index is 0.0780. The number of piperidine rings is 2. The van der Waals surface area contributed by atoms with E-state index in [4.69, 9.17) is 14.6 Å². The number of aliphatic hydroxyl groups excluding tert-OH is 2. The molecule has 0 bridgehead atoms. The number of carbonyl (C=O) groups excluding carboxylic acids is 3. The minimum atomic E-state index is -0.997. The van der Waals surface area contributed by atoms with Crippen LogP contribution in [0, 0.1) is 0 Å². The number of nitrogens with zero attached hydrogens (tertiary/aromatic N) is 2. The summed E-state index contributed by atoms with van der Waals surface area (Å²) in [6.07, 6.45) is 15.5. The molecule has 2 aliphatic heterocycles. The van der Waals surface area contributed by atoms with Crippen LogP contribution in [-0.4, -0.2) is 120 Å². The predicted molar refractivity (Wildman–Crippen MR) is 209 cm³/mol. The number of esters is 1. The van der Waals surface area contributed by atoms with E-state index in [-0.39, 0.29) is 43.7 Å². The van der Waals surface area contributed by atoms with Gasteiger partial charge >= 0.3 is 11.9 Å². The van der Waals surface area contributed by atoms with Crippen LogP contribution >= 0.6 is 0 Å². The Kier molecular flexibility index (Phi) is 21.7. The third kappa shape index (κ3) is 18.7. The van der Waals surface area contributed by atoms with Crippen LogP contribution < -0.4 is 0 Å². The van der Waals surface area contributed by atoms with Gasteiger partial charge in [-0.05, 0) is 75.3 Å². The lowest BCUT2D eigenvalue weighted by molar-refractivity contribution is -0.145. The van der Waals surface area contributed by atoms with Crippen LogP contribution in [0.4, 0.5) is 0 Å². The van der Waals surface area contributed by atoms with Crippen LogP contribution in [0.15, 0.2) is 85.0 Å². The van der Waals surface area contributed by atoms with E-state index < -0.39 is 24.1 Å². The Morgan fingerprint density at radius 1 is 0.709 bits per heavy atom. The summed E-state index contributed by atoms with van der Waals surface area (Å²) in [5.41, 5.74) is 2.24. The molecular formula is C43H60N2O10. The van der Waals surface area contributed by atoms with Gasteiger partial charge in [-0.3, -0.25) is 9.59 Å². The van der Waals surface area contributed by atoms with Gasteiger partial charge in [0.2, 0.25) is 11.8 Å². The van der Waals surface area contributed by atoms with Gasteiger partial charge in [-0.25, -0.2) is 9.59 Å². The second kappa shape index (κ2) is 26.4. The van der Waals surface area contributed by atoms with Crippen LogP contribution in [0.25, 0.3) is 0 Å². The fourth-order valence-corrected chi connectivity index (χ4v) is 6.83. The lowest BCUT2D eigenvalue weighted by atomic mass is 9.94. The molecule has 2 aliphatic rings. The minimum Gasteiger partial charge on any atom is -0.480 e. The monoisotopic (exact) mass is 764 g/mol. The zero-order valence-electron chi connectivity index (χ0n) is 32.2. The van der Waals surface area contributed by atoms with Crippen molar-refractivity contribution in [2.45, 2.75) is 101 Å². The van der Waals surface area contributed by atoms with Crippen molar-refractivity contribution in [3.63, 3.8) is 0 Å². The third-order valence-corrected chi connectivity index (χ3v) is 9.71. The van der Waals surface area contributed by atoms with Gasteiger partial charge in [-0.15, -0.1) is 0 Å². The number of hydrogen-bond donors (Lipinski definition) is 3. The summed E-state index contributed by atoms with van der Waals surface area (Å²) >= 11 is 0. The number of benzene rings is 2. The molecule has 2 saturated heterocycles. The first-order valence-electron chi connectivity index (χ1n) is 19.4. The highest BCUT2D eigenvalue weighted by Crippen LogP contribution is 2.24. The normalized spacial score (nSPS) is 18.6. The van der Waals surface area contributed by atoms with Crippen LogP contribution in [0.1, 0.15) is 75.3 Å². The van der Waals surface area contributed by atoms with Gasteiger partial charge in [0.25, 0.3) is 0 Å². The molecule has 12 nitrogen and oxygen atoms in total. The standard InChI is InChI=1S/C22H31NO5.C21H29NO5/c1-27-22(26)17-28-15-6-5-14-23-19(10-7-11-21(23)25)12-13-20(24)16-18-8-3-2-4-9-18;23-19(15-17-7-2-1-3-8-17)12-11-18-9-6-10-20(24)22(18)13-4-5-14-27-16-21(25)26/h2-6,8-9,19-20,24H,7,10-17H2,1H3;1-5,7-8,18-19,23H,6,9-16H2,(H,25,26)/b6-5-;5-4-/t19-,20?;18-,19?/m11/s1. The van der Waals surface area contributed by atoms with E-state index in [9.17, 15) is 29.4 Å². The van der Waals surface area contributed by atoms with E-state index in [0.29, 0.717) is 58.2 Å². The summed E-state index contributed by atoms with van der Waals surface area (Å²) in [5.74, 6) is -1.11. The quantitative estimate of drug-likeness (QED) is 0.0854.